The van der Waals surface area contributed by atoms with Gasteiger partial charge in [-0.15, -0.1) is 0 Å². The van der Waals surface area contributed by atoms with Crippen LogP contribution >= 0.6 is 0 Å². The van der Waals surface area contributed by atoms with E-state index in [9.17, 15) is 12.8 Å². The summed E-state index contributed by atoms with van der Waals surface area (Å²) in [5.41, 5.74) is 1.15. The monoisotopic (exact) mass is 367 g/mol. The minimum Gasteiger partial charge on any atom is -0.490 e. The van der Waals surface area contributed by atoms with Crippen LogP contribution in [0.2, 0.25) is 0 Å². The average Bonchev–Trinajstić information content (AvgIpc) is 2.58. The maximum absolute atomic E-state index is 13.3. The van der Waals surface area contributed by atoms with E-state index in [1.165, 1.54) is 18.2 Å². The molecule has 1 N–H and O–H groups in total. The van der Waals surface area contributed by atoms with E-state index >= 15 is 0 Å². The van der Waals surface area contributed by atoms with Crippen LogP contribution in [-0.4, -0.2) is 21.6 Å². The molecule has 0 bridgehead atoms. The second-order valence-corrected chi connectivity index (χ2v) is 7.15. The molecule has 0 atom stereocenters. The first-order chi connectivity index (χ1) is 11.9. The molecule has 2 aromatic rings. The first kappa shape index (κ1) is 19.2. The molecule has 0 saturated carbocycles. The molecule has 25 heavy (non-hydrogen) atoms. The molecule has 0 spiro atoms. The van der Waals surface area contributed by atoms with Gasteiger partial charge in [0.2, 0.25) is 10.0 Å². The van der Waals surface area contributed by atoms with E-state index in [1.807, 2.05) is 13.8 Å². The number of sulfonamides is 1. The Bertz CT molecular complexity index is 837. The van der Waals surface area contributed by atoms with Gasteiger partial charge in [0.05, 0.1) is 18.1 Å². The van der Waals surface area contributed by atoms with Gasteiger partial charge in [-0.05, 0) is 50.1 Å². The van der Waals surface area contributed by atoms with E-state index < -0.39 is 10.0 Å². The molecule has 0 saturated heterocycles. The SMILES string of the molecule is CCOc1ccc(S(=O)(=O)NCc2ccc(F)c(C)c2)cc1OCC. The Balaban J connectivity index is 2.20. The summed E-state index contributed by atoms with van der Waals surface area (Å²) in [6.45, 7) is 6.20. The fourth-order valence-electron chi connectivity index (χ4n) is 2.28. The summed E-state index contributed by atoms with van der Waals surface area (Å²) in [4.78, 5) is 0.0817. The number of hydrogen-bond donors (Lipinski definition) is 1. The summed E-state index contributed by atoms with van der Waals surface area (Å²) in [6, 6.07) is 8.96. The number of benzene rings is 2. The smallest absolute Gasteiger partial charge is 0.241 e. The minimum absolute atomic E-state index is 0.0701. The van der Waals surface area contributed by atoms with Crippen molar-refractivity contribution in [1.29, 1.82) is 0 Å². The van der Waals surface area contributed by atoms with E-state index in [1.54, 1.807) is 25.1 Å². The predicted molar refractivity (Wildman–Crippen MR) is 93.9 cm³/mol. The van der Waals surface area contributed by atoms with Crippen LogP contribution in [0.3, 0.4) is 0 Å². The third-order valence-corrected chi connectivity index (χ3v) is 4.91. The van der Waals surface area contributed by atoms with E-state index in [0.717, 1.165) is 0 Å². The first-order valence-electron chi connectivity index (χ1n) is 8.01. The quantitative estimate of drug-likeness (QED) is 0.777. The minimum atomic E-state index is -3.73. The molecule has 0 aliphatic rings. The molecule has 2 aromatic carbocycles. The van der Waals surface area contributed by atoms with Gasteiger partial charge in [0, 0.05) is 12.6 Å². The average molecular weight is 367 g/mol. The van der Waals surface area contributed by atoms with Crippen LogP contribution in [0, 0.1) is 12.7 Å². The van der Waals surface area contributed by atoms with Crippen LogP contribution in [0.1, 0.15) is 25.0 Å². The molecule has 0 radical (unpaired) electrons. The van der Waals surface area contributed by atoms with E-state index in [0.29, 0.717) is 35.8 Å². The van der Waals surface area contributed by atoms with Crippen molar-refractivity contribution < 1.29 is 22.3 Å². The zero-order valence-electron chi connectivity index (χ0n) is 14.5. The fourth-order valence-corrected chi connectivity index (χ4v) is 3.31. The van der Waals surface area contributed by atoms with Crippen LogP contribution in [0.25, 0.3) is 0 Å². The molecule has 0 amide bonds. The van der Waals surface area contributed by atoms with E-state index in [2.05, 4.69) is 4.72 Å². The zero-order valence-corrected chi connectivity index (χ0v) is 15.3. The van der Waals surface area contributed by atoms with Gasteiger partial charge in [-0.1, -0.05) is 12.1 Å². The third-order valence-electron chi connectivity index (χ3n) is 3.51. The molecule has 0 fully saturated rings. The number of ether oxygens (including phenoxy) is 2. The van der Waals surface area contributed by atoms with E-state index in [-0.39, 0.29) is 17.3 Å². The normalized spacial score (nSPS) is 11.4. The predicted octanol–water partition coefficient (Wildman–Crippen LogP) is 3.41. The first-order valence-corrected chi connectivity index (χ1v) is 9.50. The topological polar surface area (TPSA) is 64.6 Å². The third kappa shape index (κ3) is 4.93. The molecule has 0 aliphatic heterocycles. The van der Waals surface area contributed by atoms with Gasteiger partial charge in [0.15, 0.2) is 11.5 Å². The second kappa shape index (κ2) is 8.31. The van der Waals surface area contributed by atoms with Crippen molar-refractivity contribution in [2.45, 2.75) is 32.2 Å². The van der Waals surface area contributed by atoms with Crippen LogP contribution < -0.4 is 14.2 Å². The van der Waals surface area contributed by atoms with Gasteiger partial charge in [0.1, 0.15) is 5.82 Å². The van der Waals surface area contributed by atoms with Gasteiger partial charge in [0.25, 0.3) is 0 Å². The maximum Gasteiger partial charge on any atom is 0.241 e. The number of hydrogen-bond acceptors (Lipinski definition) is 4. The fraction of sp³-hybridized carbons (Fsp3) is 0.333. The zero-order chi connectivity index (χ0) is 18.4. The van der Waals surface area contributed by atoms with E-state index in [4.69, 9.17) is 9.47 Å². The standard InChI is InChI=1S/C18H22FNO4S/c1-4-23-17-9-7-15(11-18(17)24-5-2)25(21,22)20-12-14-6-8-16(19)13(3)10-14/h6-11,20H,4-5,12H2,1-3H3. The Kier molecular flexibility index (Phi) is 6.39. The highest BCUT2D eigenvalue weighted by molar-refractivity contribution is 7.89. The van der Waals surface area contributed by atoms with Crippen LogP contribution in [0.4, 0.5) is 4.39 Å². The van der Waals surface area contributed by atoms with Crippen molar-refractivity contribution in [3.8, 4) is 11.5 Å². The molecule has 7 heteroatoms. The number of rotatable bonds is 8. The molecule has 5 nitrogen and oxygen atoms in total. The molecular formula is C18H22FNO4S. The van der Waals surface area contributed by atoms with Crippen molar-refractivity contribution in [3.05, 3.63) is 53.3 Å². The Labute approximate surface area is 147 Å². The van der Waals surface area contributed by atoms with Crippen molar-refractivity contribution in [2.24, 2.45) is 0 Å². The number of nitrogens with one attached hydrogen (secondary N) is 1. The number of halogens is 1. The van der Waals surface area contributed by atoms with Crippen LogP contribution in [0.5, 0.6) is 11.5 Å². The summed E-state index contributed by atoms with van der Waals surface area (Å²) >= 11 is 0. The van der Waals surface area contributed by atoms with Gasteiger partial charge < -0.3 is 9.47 Å². The van der Waals surface area contributed by atoms with Gasteiger partial charge in [-0.2, -0.15) is 0 Å². The van der Waals surface area contributed by atoms with Crippen molar-refractivity contribution >= 4 is 10.0 Å². The lowest BCUT2D eigenvalue weighted by Gasteiger charge is -2.13. The molecule has 0 aromatic heterocycles. The lowest BCUT2D eigenvalue weighted by molar-refractivity contribution is 0.287. The molecule has 0 heterocycles. The molecule has 0 unspecified atom stereocenters. The second-order valence-electron chi connectivity index (χ2n) is 5.38. The Morgan fingerprint density at radius 3 is 2.32 bits per heavy atom. The lowest BCUT2D eigenvalue weighted by Crippen LogP contribution is -2.23. The highest BCUT2D eigenvalue weighted by Gasteiger charge is 2.17. The lowest BCUT2D eigenvalue weighted by atomic mass is 10.1. The summed E-state index contributed by atoms with van der Waals surface area (Å²) in [7, 11) is -3.73. The van der Waals surface area contributed by atoms with Crippen LogP contribution in [-0.2, 0) is 16.6 Å². The van der Waals surface area contributed by atoms with Crippen LogP contribution in [0.15, 0.2) is 41.3 Å². The van der Waals surface area contributed by atoms with Crippen molar-refractivity contribution in [1.82, 2.24) is 4.72 Å². The molecule has 0 aliphatic carbocycles. The van der Waals surface area contributed by atoms with Gasteiger partial charge in [-0.3, -0.25) is 0 Å². The van der Waals surface area contributed by atoms with Gasteiger partial charge in [-0.25, -0.2) is 17.5 Å². The Morgan fingerprint density at radius 1 is 1.00 bits per heavy atom. The summed E-state index contributed by atoms with van der Waals surface area (Å²) in [5.74, 6) is 0.557. The van der Waals surface area contributed by atoms with Crippen molar-refractivity contribution in [2.75, 3.05) is 13.2 Å². The summed E-state index contributed by atoms with van der Waals surface area (Å²) in [6.07, 6.45) is 0. The largest absolute Gasteiger partial charge is 0.490 e. The number of aryl methyl sites for hydroxylation is 1. The highest BCUT2D eigenvalue weighted by Crippen LogP contribution is 2.30. The Hall–Kier alpha value is -2.12. The van der Waals surface area contributed by atoms with Crippen molar-refractivity contribution in [3.63, 3.8) is 0 Å². The molecule has 2 rings (SSSR count). The van der Waals surface area contributed by atoms with Gasteiger partial charge >= 0.3 is 0 Å². The Morgan fingerprint density at radius 2 is 1.68 bits per heavy atom. The molecular weight excluding hydrogens is 345 g/mol. The maximum atomic E-state index is 13.3. The molecule has 136 valence electrons. The summed E-state index contributed by atoms with van der Waals surface area (Å²) < 4.78 is 51.7. The highest BCUT2D eigenvalue weighted by atomic mass is 32.2. The summed E-state index contributed by atoms with van der Waals surface area (Å²) in [5, 5.41) is 0.